The van der Waals surface area contributed by atoms with Crippen LogP contribution in [0.5, 0.6) is 0 Å². The molecule has 0 fully saturated rings. The van der Waals surface area contributed by atoms with E-state index in [1.54, 1.807) is 6.20 Å². The number of carboxylic acids is 1. The van der Waals surface area contributed by atoms with Gasteiger partial charge in [0.15, 0.2) is 5.82 Å². The van der Waals surface area contributed by atoms with E-state index in [1.165, 1.54) is 24.8 Å². The molecule has 0 saturated carbocycles. The Morgan fingerprint density at radius 2 is 2.16 bits per heavy atom. The molecule has 8 nitrogen and oxygen atoms in total. The molecule has 0 aliphatic carbocycles. The van der Waals surface area contributed by atoms with Crippen molar-refractivity contribution in [2.75, 3.05) is 18.4 Å². The zero-order chi connectivity index (χ0) is 18.8. The van der Waals surface area contributed by atoms with Crippen LogP contribution in [0.2, 0.25) is 0 Å². The maximum absolute atomic E-state index is 13.9. The third-order valence-corrected chi connectivity index (χ3v) is 4.90. The second kappa shape index (κ2) is 7.19. The summed E-state index contributed by atoms with van der Waals surface area (Å²) in [5.41, 5.74) is -0.552. The molecular weight excluding hydrogens is 353 g/mol. The summed E-state index contributed by atoms with van der Waals surface area (Å²) in [5.74, 6) is -2.30. The second-order valence-electron chi connectivity index (χ2n) is 5.47. The standard InChI is InChI=1S/C15H18FN3O5S/c1-9(8-24-3)19-5-4-14(17-19)18-25(22,23)11-6-12(15(20)21)10(2)13(16)7-11/h4-7,9H,8H2,1-3H3,(H,17,18)(H,20,21). The molecule has 1 aromatic carbocycles. The van der Waals surface area contributed by atoms with Gasteiger partial charge in [0, 0.05) is 19.4 Å². The van der Waals surface area contributed by atoms with Crippen LogP contribution in [0.3, 0.4) is 0 Å². The van der Waals surface area contributed by atoms with Crippen LogP contribution in [0.4, 0.5) is 10.2 Å². The number of anilines is 1. The topological polar surface area (TPSA) is 111 Å². The number of aromatic carboxylic acids is 1. The lowest BCUT2D eigenvalue weighted by Crippen LogP contribution is -2.16. The van der Waals surface area contributed by atoms with Crippen molar-refractivity contribution in [1.82, 2.24) is 9.78 Å². The lowest BCUT2D eigenvalue weighted by molar-refractivity contribution is 0.0695. The minimum Gasteiger partial charge on any atom is -0.478 e. The Morgan fingerprint density at radius 3 is 2.76 bits per heavy atom. The highest BCUT2D eigenvalue weighted by molar-refractivity contribution is 7.92. The average Bonchev–Trinajstić information content (AvgIpc) is 2.97. The third-order valence-electron chi connectivity index (χ3n) is 3.57. The number of halogens is 1. The van der Waals surface area contributed by atoms with E-state index >= 15 is 0 Å². The molecule has 2 N–H and O–H groups in total. The Balaban J connectivity index is 2.33. The van der Waals surface area contributed by atoms with Crippen molar-refractivity contribution in [1.29, 1.82) is 0 Å². The second-order valence-corrected chi connectivity index (χ2v) is 7.16. The van der Waals surface area contributed by atoms with E-state index in [2.05, 4.69) is 9.82 Å². The highest BCUT2D eigenvalue weighted by Crippen LogP contribution is 2.22. The van der Waals surface area contributed by atoms with Crippen molar-refractivity contribution in [3.8, 4) is 0 Å². The molecule has 0 aliphatic rings. The lowest BCUT2D eigenvalue weighted by Gasteiger charge is -2.11. The van der Waals surface area contributed by atoms with Gasteiger partial charge in [0.1, 0.15) is 5.82 Å². The van der Waals surface area contributed by atoms with Gasteiger partial charge in [-0.2, -0.15) is 5.10 Å². The van der Waals surface area contributed by atoms with Crippen molar-refractivity contribution in [3.05, 3.63) is 41.3 Å². The van der Waals surface area contributed by atoms with E-state index in [4.69, 9.17) is 9.84 Å². The molecular formula is C15H18FN3O5S. The molecule has 0 aliphatic heterocycles. The number of ether oxygens (including phenoxy) is 1. The van der Waals surface area contributed by atoms with E-state index < -0.39 is 32.3 Å². The van der Waals surface area contributed by atoms with Crippen molar-refractivity contribution >= 4 is 21.8 Å². The molecule has 1 atom stereocenters. The Morgan fingerprint density at radius 1 is 1.48 bits per heavy atom. The highest BCUT2D eigenvalue weighted by Gasteiger charge is 2.22. The number of sulfonamides is 1. The zero-order valence-corrected chi connectivity index (χ0v) is 14.7. The summed E-state index contributed by atoms with van der Waals surface area (Å²) >= 11 is 0. The van der Waals surface area contributed by atoms with Gasteiger partial charge in [-0.1, -0.05) is 0 Å². The van der Waals surface area contributed by atoms with Crippen LogP contribution < -0.4 is 4.72 Å². The Hall–Kier alpha value is -2.46. The molecule has 0 spiro atoms. The van der Waals surface area contributed by atoms with Crippen molar-refractivity contribution in [2.45, 2.75) is 24.8 Å². The highest BCUT2D eigenvalue weighted by atomic mass is 32.2. The number of nitrogens with zero attached hydrogens (tertiary/aromatic N) is 2. The molecule has 0 saturated heterocycles. The van der Waals surface area contributed by atoms with Crippen LogP contribution >= 0.6 is 0 Å². The zero-order valence-electron chi connectivity index (χ0n) is 13.9. The fourth-order valence-electron chi connectivity index (χ4n) is 2.18. The summed E-state index contributed by atoms with van der Waals surface area (Å²) in [5, 5.41) is 13.1. The van der Waals surface area contributed by atoms with E-state index in [1.807, 2.05) is 6.92 Å². The van der Waals surface area contributed by atoms with Crippen molar-refractivity contribution in [3.63, 3.8) is 0 Å². The van der Waals surface area contributed by atoms with Gasteiger partial charge in [0.05, 0.1) is 23.1 Å². The molecule has 1 heterocycles. The Labute approximate surface area is 144 Å². The molecule has 0 bridgehead atoms. The molecule has 1 unspecified atom stereocenters. The SMILES string of the molecule is COCC(C)n1ccc(NS(=O)(=O)c2cc(F)c(C)c(C(=O)O)c2)n1. The van der Waals surface area contributed by atoms with Gasteiger partial charge >= 0.3 is 5.97 Å². The van der Waals surface area contributed by atoms with Crippen LogP contribution in [0.25, 0.3) is 0 Å². The predicted molar refractivity (Wildman–Crippen MR) is 87.7 cm³/mol. The number of benzene rings is 1. The van der Waals surface area contributed by atoms with Gasteiger partial charge in [-0.15, -0.1) is 0 Å². The van der Waals surface area contributed by atoms with Crippen LogP contribution in [0.15, 0.2) is 29.3 Å². The van der Waals surface area contributed by atoms with Crippen LogP contribution in [-0.2, 0) is 14.8 Å². The predicted octanol–water partition coefficient (Wildman–Crippen LogP) is 2.04. The fourth-order valence-corrected chi connectivity index (χ4v) is 3.22. The maximum atomic E-state index is 13.9. The fraction of sp³-hybridized carbons (Fsp3) is 0.333. The number of nitrogens with one attached hydrogen (secondary N) is 1. The molecule has 25 heavy (non-hydrogen) atoms. The maximum Gasteiger partial charge on any atom is 0.336 e. The number of carbonyl (C=O) groups is 1. The van der Waals surface area contributed by atoms with Crippen LogP contribution in [0.1, 0.15) is 28.9 Å². The van der Waals surface area contributed by atoms with Gasteiger partial charge < -0.3 is 9.84 Å². The van der Waals surface area contributed by atoms with E-state index in [0.717, 1.165) is 12.1 Å². The van der Waals surface area contributed by atoms with Crippen molar-refractivity contribution in [2.24, 2.45) is 0 Å². The van der Waals surface area contributed by atoms with E-state index in [9.17, 15) is 17.6 Å². The lowest BCUT2D eigenvalue weighted by atomic mass is 10.1. The Kier molecular flexibility index (Phi) is 5.43. The number of rotatable bonds is 7. The summed E-state index contributed by atoms with van der Waals surface area (Å²) in [6, 6.07) is 3.01. The molecule has 2 aromatic rings. The number of hydrogen-bond donors (Lipinski definition) is 2. The first-order chi connectivity index (χ1) is 11.7. The van der Waals surface area contributed by atoms with Gasteiger partial charge in [-0.25, -0.2) is 17.6 Å². The minimum atomic E-state index is -4.19. The van der Waals surface area contributed by atoms with Crippen LogP contribution in [-0.4, -0.2) is 43.0 Å². The van der Waals surface area contributed by atoms with E-state index in [-0.39, 0.29) is 17.4 Å². The third kappa shape index (κ3) is 4.15. The van der Waals surface area contributed by atoms with Gasteiger partial charge in [0.2, 0.25) is 0 Å². The Bertz CT molecular complexity index is 895. The molecule has 2 rings (SSSR count). The van der Waals surface area contributed by atoms with Gasteiger partial charge in [-0.3, -0.25) is 9.40 Å². The van der Waals surface area contributed by atoms with Gasteiger partial charge in [0.25, 0.3) is 10.0 Å². The van der Waals surface area contributed by atoms with Crippen LogP contribution in [0, 0.1) is 12.7 Å². The monoisotopic (exact) mass is 371 g/mol. The quantitative estimate of drug-likeness (QED) is 0.771. The number of aromatic nitrogens is 2. The molecule has 10 heteroatoms. The number of carboxylic acid groups (broad SMARTS) is 1. The first-order valence-corrected chi connectivity index (χ1v) is 8.74. The summed E-state index contributed by atoms with van der Waals surface area (Å²) in [6.07, 6.45) is 1.57. The number of hydrogen-bond acceptors (Lipinski definition) is 5. The summed E-state index contributed by atoms with van der Waals surface area (Å²) in [6.45, 7) is 3.49. The summed E-state index contributed by atoms with van der Waals surface area (Å²) < 4.78 is 47.4. The molecule has 0 radical (unpaired) electrons. The molecule has 0 amide bonds. The normalized spacial score (nSPS) is 12.8. The van der Waals surface area contributed by atoms with Gasteiger partial charge in [-0.05, 0) is 31.5 Å². The first-order valence-electron chi connectivity index (χ1n) is 7.26. The van der Waals surface area contributed by atoms with E-state index in [0.29, 0.717) is 6.61 Å². The molecule has 1 aromatic heterocycles. The average molecular weight is 371 g/mol. The largest absolute Gasteiger partial charge is 0.478 e. The molecule has 136 valence electrons. The number of methoxy groups -OCH3 is 1. The first kappa shape index (κ1) is 18.9. The summed E-state index contributed by atoms with van der Waals surface area (Å²) in [7, 11) is -2.66. The van der Waals surface area contributed by atoms with Crippen molar-refractivity contribution < 1.29 is 27.4 Å². The minimum absolute atomic E-state index is 0.0285. The smallest absolute Gasteiger partial charge is 0.336 e. The summed E-state index contributed by atoms with van der Waals surface area (Å²) in [4.78, 5) is 10.6.